The zero-order valence-corrected chi connectivity index (χ0v) is 20.6. The Morgan fingerprint density at radius 1 is 0.800 bits per heavy atom. The normalized spacial score (nSPS) is 10.5. The van der Waals surface area contributed by atoms with Gasteiger partial charge in [-0.1, -0.05) is 86.8 Å². The Kier molecular flexibility index (Phi) is 10.3. The summed E-state index contributed by atoms with van der Waals surface area (Å²) in [6.07, 6.45) is 4.55. The maximum Gasteiger partial charge on any atom is 0.269 e. The maximum atomic E-state index is 13.1. The zero-order valence-electron chi connectivity index (χ0n) is 19.8. The van der Waals surface area contributed by atoms with Crippen LogP contribution in [-0.4, -0.2) is 23.5 Å². The van der Waals surface area contributed by atoms with Gasteiger partial charge in [0.1, 0.15) is 5.75 Å². The number of hydrogen-bond acceptors (Lipinski definition) is 4. The second-order valence-corrected chi connectivity index (χ2v) is 8.49. The van der Waals surface area contributed by atoms with Crippen molar-refractivity contribution in [2.45, 2.75) is 38.5 Å². The lowest BCUT2D eigenvalue weighted by atomic mass is 9.90. The number of benzene rings is 3. The summed E-state index contributed by atoms with van der Waals surface area (Å²) in [5.41, 5.74) is 7.26. The van der Waals surface area contributed by atoms with E-state index in [1.165, 1.54) is 12.8 Å². The summed E-state index contributed by atoms with van der Waals surface area (Å²) < 4.78 is 5.71. The Labute approximate surface area is 212 Å². The molecular weight excluding hydrogens is 458 g/mol. The SMILES string of the molecule is CCCCCCOc1ccc(C(=O)NNC(=S)NC(=O)C(c2ccccc2)c2ccccc2)cc1. The van der Waals surface area contributed by atoms with Crippen LogP contribution in [0, 0.1) is 0 Å². The first-order chi connectivity index (χ1) is 17.1. The number of amides is 2. The molecule has 7 heteroatoms. The predicted octanol–water partition coefficient (Wildman–Crippen LogP) is 5.11. The van der Waals surface area contributed by atoms with E-state index in [1.807, 2.05) is 60.7 Å². The third kappa shape index (κ3) is 8.22. The van der Waals surface area contributed by atoms with Gasteiger partial charge in [0.15, 0.2) is 5.11 Å². The molecule has 35 heavy (non-hydrogen) atoms. The minimum atomic E-state index is -0.539. The number of hydrogen-bond donors (Lipinski definition) is 3. The highest BCUT2D eigenvalue weighted by Crippen LogP contribution is 2.24. The van der Waals surface area contributed by atoms with Crippen LogP contribution in [-0.2, 0) is 4.79 Å². The molecule has 0 heterocycles. The number of ether oxygens (including phenoxy) is 1. The van der Waals surface area contributed by atoms with Crippen molar-refractivity contribution in [3.63, 3.8) is 0 Å². The standard InChI is InChI=1S/C28H31N3O3S/c1-2-3-4-11-20-34-24-18-16-23(17-19-24)26(32)30-31-28(35)29-27(33)25(21-12-7-5-8-13-21)22-14-9-6-10-15-22/h5-10,12-19,25H,2-4,11,20H2,1H3,(H,30,32)(H2,29,31,33,35). The molecule has 0 saturated heterocycles. The van der Waals surface area contributed by atoms with E-state index in [1.54, 1.807) is 24.3 Å². The van der Waals surface area contributed by atoms with Crippen LogP contribution in [0.2, 0.25) is 0 Å². The van der Waals surface area contributed by atoms with Crippen LogP contribution in [0.4, 0.5) is 0 Å². The number of unbranched alkanes of at least 4 members (excludes halogenated alkanes) is 3. The Balaban J connectivity index is 1.51. The van der Waals surface area contributed by atoms with Gasteiger partial charge < -0.3 is 10.1 Å². The molecule has 0 saturated carbocycles. The topological polar surface area (TPSA) is 79.5 Å². The molecule has 3 N–H and O–H groups in total. The molecule has 0 fully saturated rings. The number of hydrazine groups is 1. The summed E-state index contributed by atoms with van der Waals surface area (Å²) in [5.74, 6) is -0.489. The number of carbonyl (C=O) groups is 2. The van der Waals surface area contributed by atoms with E-state index in [0.29, 0.717) is 12.2 Å². The number of nitrogens with one attached hydrogen (secondary N) is 3. The molecule has 0 radical (unpaired) electrons. The number of thiocarbonyl (C=S) groups is 1. The lowest BCUT2D eigenvalue weighted by Gasteiger charge is -2.19. The van der Waals surface area contributed by atoms with Crippen molar-refractivity contribution in [2.24, 2.45) is 0 Å². The van der Waals surface area contributed by atoms with Crippen LogP contribution in [0.25, 0.3) is 0 Å². The van der Waals surface area contributed by atoms with Crippen LogP contribution in [0.5, 0.6) is 5.75 Å². The molecule has 6 nitrogen and oxygen atoms in total. The summed E-state index contributed by atoms with van der Waals surface area (Å²) in [5, 5.41) is 2.68. The zero-order chi connectivity index (χ0) is 24.9. The van der Waals surface area contributed by atoms with Gasteiger partial charge in [0.25, 0.3) is 5.91 Å². The summed E-state index contributed by atoms with van der Waals surface area (Å²) in [6.45, 7) is 2.83. The monoisotopic (exact) mass is 489 g/mol. The van der Waals surface area contributed by atoms with Crippen LogP contribution in [0.3, 0.4) is 0 Å². The molecule has 0 aliphatic rings. The molecule has 3 aromatic carbocycles. The first kappa shape index (κ1) is 25.9. The van der Waals surface area contributed by atoms with Gasteiger partial charge in [-0.3, -0.25) is 20.4 Å². The Hall–Kier alpha value is -3.71. The fourth-order valence-corrected chi connectivity index (χ4v) is 3.76. The summed E-state index contributed by atoms with van der Waals surface area (Å²) in [6, 6.07) is 25.8. The molecule has 0 aliphatic carbocycles. The Bertz CT molecular complexity index is 1050. The molecular formula is C28H31N3O3S. The van der Waals surface area contributed by atoms with Gasteiger partial charge in [0, 0.05) is 5.56 Å². The van der Waals surface area contributed by atoms with Crippen molar-refractivity contribution >= 4 is 29.1 Å². The van der Waals surface area contributed by atoms with Gasteiger partial charge in [0.2, 0.25) is 5.91 Å². The minimum absolute atomic E-state index is 0.00671. The molecule has 0 atom stereocenters. The summed E-state index contributed by atoms with van der Waals surface area (Å²) >= 11 is 5.24. The number of rotatable bonds is 10. The Morgan fingerprint density at radius 3 is 1.97 bits per heavy atom. The lowest BCUT2D eigenvalue weighted by molar-refractivity contribution is -0.120. The molecule has 3 aromatic rings. The van der Waals surface area contributed by atoms with Crippen molar-refractivity contribution in [1.29, 1.82) is 0 Å². The summed E-state index contributed by atoms with van der Waals surface area (Å²) in [4.78, 5) is 25.6. The highest BCUT2D eigenvalue weighted by Gasteiger charge is 2.23. The Morgan fingerprint density at radius 2 is 1.40 bits per heavy atom. The van der Waals surface area contributed by atoms with E-state index in [-0.39, 0.29) is 16.9 Å². The molecule has 0 unspecified atom stereocenters. The highest BCUT2D eigenvalue weighted by atomic mass is 32.1. The molecule has 2 amide bonds. The maximum absolute atomic E-state index is 13.1. The molecule has 182 valence electrons. The van der Waals surface area contributed by atoms with E-state index < -0.39 is 5.92 Å². The van der Waals surface area contributed by atoms with Gasteiger partial charge in [-0.25, -0.2) is 0 Å². The van der Waals surface area contributed by atoms with Gasteiger partial charge in [-0.15, -0.1) is 0 Å². The van der Waals surface area contributed by atoms with Crippen molar-refractivity contribution < 1.29 is 14.3 Å². The van der Waals surface area contributed by atoms with Crippen molar-refractivity contribution in [3.05, 3.63) is 102 Å². The quantitative estimate of drug-likeness (QED) is 0.209. The average molecular weight is 490 g/mol. The first-order valence-electron chi connectivity index (χ1n) is 11.8. The minimum Gasteiger partial charge on any atom is -0.494 e. The van der Waals surface area contributed by atoms with Crippen molar-refractivity contribution in [3.8, 4) is 5.75 Å². The third-order valence-corrected chi connectivity index (χ3v) is 5.64. The highest BCUT2D eigenvalue weighted by molar-refractivity contribution is 7.80. The molecule has 0 aliphatic heterocycles. The van der Waals surface area contributed by atoms with Crippen molar-refractivity contribution in [1.82, 2.24) is 16.2 Å². The van der Waals surface area contributed by atoms with E-state index in [4.69, 9.17) is 17.0 Å². The fraction of sp³-hybridized carbons (Fsp3) is 0.250. The van der Waals surface area contributed by atoms with Crippen LogP contribution in [0.15, 0.2) is 84.9 Å². The average Bonchev–Trinajstić information content (AvgIpc) is 2.89. The molecule has 0 aromatic heterocycles. The largest absolute Gasteiger partial charge is 0.494 e. The third-order valence-electron chi connectivity index (χ3n) is 5.44. The molecule has 0 spiro atoms. The van der Waals surface area contributed by atoms with Gasteiger partial charge in [-0.2, -0.15) is 0 Å². The van der Waals surface area contributed by atoms with Gasteiger partial charge >= 0.3 is 0 Å². The van der Waals surface area contributed by atoms with Gasteiger partial charge in [-0.05, 0) is 54.0 Å². The second-order valence-electron chi connectivity index (χ2n) is 8.09. The van der Waals surface area contributed by atoms with E-state index in [0.717, 1.165) is 29.7 Å². The van der Waals surface area contributed by atoms with Crippen LogP contribution in [0.1, 0.15) is 60.0 Å². The fourth-order valence-electron chi connectivity index (χ4n) is 3.61. The van der Waals surface area contributed by atoms with Crippen LogP contribution >= 0.6 is 12.2 Å². The first-order valence-corrected chi connectivity index (χ1v) is 12.2. The van der Waals surface area contributed by atoms with Crippen molar-refractivity contribution in [2.75, 3.05) is 6.61 Å². The summed E-state index contributed by atoms with van der Waals surface area (Å²) in [7, 11) is 0. The predicted molar refractivity (Wildman–Crippen MR) is 142 cm³/mol. The van der Waals surface area contributed by atoms with E-state index in [2.05, 4.69) is 23.1 Å². The molecule has 3 rings (SSSR count). The smallest absolute Gasteiger partial charge is 0.269 e. The van der Waals surface area contributed by atoms with E-state index >= 15 is 0 Å². The van der Waals surface area contributed by atoms with Crippen LogP contribution < -0.4 is 20.9 Å². The van der Waals surface area contributed by atoms with Gasteiger partial charge in [0.05, 0.1) is 12.5 Å². The number of carbonyl (C=O) groups excluding carboxylic acids is 2. The van der Waals surface area contributed by atoms with E-state index in [9.17, 15) is 9.59 Å². The lowest BCUT2D eigenvalue weighted by Crippen LogP contribution is -2.49. The second kappa shape index (κ2) is 13.9. The molecule has 0 bridgehead atoms.